The topological polar surface area (TPSA) is 36.3 Å². The number of benzene rings is 2. The maximum atomic E-state index is 14.1. The Morgan fingerprint density at radius 2 is 2.10 bits per heavy atom. The van der Waals surface area contributed by atoms with Crippen LogP contribution in [0.4, 0.5) is 10.1 Å². The maximum Gasteiger partial charge on any atom is 0.142 e. The van der Waals surface area contributed by atoms with Gasteiger partial charge in [-0.2, -0.15) is 5.26 Å². The molecule has 0 unspecified atom stereocenters. The second-order valence-electron chi connectivity index (χ2n) is 5.01. The van der Waals surface area contributed by atoms with E-state index >= 15 is 0 Å². The van der Waals surface area contributed by atoms with Crippen LogP contribution in [0.3, 0.4) is 0 Å². The molecule has 0 saturated heterocycles. The van der Waals surface area contributed by atoms with Crippen LogP contribution in [0.5, 0.6) is 5.75 Å². The minimum Gasteiger partial charge on any atom is -0.491 e. The molecule has 0 atom stereocenters. The molecule has 21 heavy (non-hydrogen) atoms. The van der Waals surface area contributed by atoms with Gasteiger partial charge < -0.3 is 9.64 Å². The van der Waals surface area contributed by atoms with Gasteiger partial charge in [0.25, 0.3) is 0 Å². The zero-order chi connectivity index (χ0) is 14.7. The van der Waals surface area contributed by atoms with Crippen molar-refractivity contribution in [3.05, 3.63) is 59.4 Å². The first-order valence-electron chi connectivity index (χ1n) is 6.93. The molecule has 0 spiro atoms. The summed E-state index contributed by atoms with van der Waals surface area (Å²) in [4.78, 5) is 2.12. The van der Waals surface area contributed by atoms with Gasteiger partial charge in [0.15, 0.2) is 0 Å². The summed E-state index contributed by atoms with van der Waals surface area (Å²) < 4.78 is 19.8. The molecular formula is C17H15FN2O. The first kappa shape index (κ1) is 13.4. The number of hydrogen-bond donors (Lipinski definition) is 0. The van der Waals surface area contributed by atoms with Gasteiger partial charge in [-0.05, 0) is 30.7 Å². The van der Waals surface area contributed by atoms with Gasteiger partial charge in [-0.25, -0.2) is 4.39 Å². The van der Waals surface area contributed by atoms with Crippen molar-refractivity contribution in [1.29, 1.82) is 5.26 Å². The van der Waals surface area contributed by atoms with E-state index in [1.54, 1.807) is 12.1 Å². The highest BCUT2D eigenvalue weighted by atomic mass is 19.1. The van der Waals surface area contributed by atoms with Crippen LogP contribution in [0.2, 0.25) is 0 Å². The van der Waals surface area contributed by atoms with Gasteiger partial charge >= 0.3 is 0 Å². The van der Waals surface area contributed by atoms with Gasteiger partial charge in [0.05, 0.1) is 23.9 Å². The molecule has 0 fully saturated rings. The molecule has 0 saturated carbocycles. The molecule has 0 bridgehead atoms. The van der Waals surface area contributed by atoms with Crippen molar-refractivity contribution in [3.63, 3.8) is 0 Å². The van der Waals surface area contributed by atoms with Gasteiger partial charge in [0.1, 0.15) is 11.6 Å². The first-order chi connectivity index (χ1) is 10.3. The van der Waals surface area contributed by atoms with Crippen LogP contribution in [-0.4, -0.2) is 13.2 Å². The zero-order valence-electron chi connectivity index (χ0n) is 11.6. The monoisotopic (exact) mass is 282 g/mol. The van der Waals surface area contributed by atoms with E-state index in [0.29, 0.717) is 24.3 Å². The van der Waals surface area contributed by atoms with Gasteiger partial charge in [0, 0.05) is 18.7 Å². The smallest absolute Gasteiger partial charge is 0.142 e. The summed E-state index contributed by atoms with van der Waals surface area (Å²) in [5, 5.41) is 8.80. The Morgan fingerprint density at radius 3 is 2.90 bits per heavy atom. The van der Waals surface area contributed by atoms with Crippen molar-refractivity contribution in [3.8, 4) is 11.8 Å². The Balaban J connectivity index is 1.90. The molecule has 1 aliphatic heterocycles. The Morgan fingerprint density at radius 1 is 1.24 bits per heavy atom. The standard InChI is InChI=1S/C17H15FN2O/c18-15-10-13(11-19)6-7-14(15)12-20-8-3-9-21-17-5-2-1-4-16(17)20/h1-2,4-7,10H,3,8-9,12H2. The van der Waals surface area contributed by atoms with Crippen molar-refractivity contribution < 1.29 is 9.13 Å². The Labute approximate surface area is 123 Å². The average Bonchev–Trinajstić information content (AvgIpc) is 2.72. The van der Waals surface area contributed by atoms with Crippen molar-refractivity contribution in [2.75, 3.05) is 18.1 Å². The number of anilines is 1. The van der Waals surface area contributed by atoms with E-state index in [1.165, 1.54) is 6.07 Å². The van der Waals surface area contributed by atoms with Crippen LogP contribution in [0.15, 0.2) is 42.5 Å². The predicted octanol–water partition coefficient (Wildman–Crippen LogP) is 3.49. The van der Waals surface area contributed by atoms with E-state index in [0.717, 1.165) is 24.4 Å². The van der Waals surface area contributed by atoms with E-state index < -0.39 is 0 Å². The average molecular weight is 282 g/mol. The summed E-state index contributed by atoms with van der Waals surface area (Å²) in [6, 6.07) is 14.4. The Bertz CT molecular complexity index is 693. The van der Waals surface area contributed by atoms with Crippen LogP contribution < -0.4 is 9.64 Å². The molecule has 0 radical (unpaired) electrons. The van der Waals surface area contributed by atoms with Gasteiger partial charge in [0.2, 0.25) is 0 Å². The van der Waals surface area contributed by atoms with Crippen molar-refractivity contribution in [2.24, 2.45) is 0 Å². The Kier molecular flexibility index (Phi) is 3.74. The highest BCUT2D eigenvalue weighted by Gasteiger charge is 2.17. The first-order valence-corrected chi connectivity index (χ1v) is 6.93. The van der Waals surface area contributed by atoms with Crippen LogP contribution >= 0.6 is 0 Å². The van der Waals surface area contributed by atoms with E-state index in [1.807, 2.05) is 30.3 Å². The van der Waals surface area contributed by atoms with E-state index in [-0.39, 0.29) is 5.82 Å². The minimum absolute atomic E-state index is 0.336. The molecule has 2 aromatic rings. The third-order valence-corrected chi connectivity index (χ3v) is 3.58. The van der Waals surface area contributed by atoms with Gasteiger partial charge in [-0.1, -0.05) is 18.2 Å². The molecule has 3 rings (SSSR count). The summed E-state index contributed by atoms with van der Waals surface area (Å²) in [6.07, 6.45) is 0.895. The second-order valence-corrected chi connectivity index (χ2v) is 5.01. The zero-order valence-corrected chi connectivity index (χ0v) is 11.6. The second kappa shape index (κ2) is 5.84. The van der Waals surface area contributed by atoms with Crippen LogP contribution in [-0.2, 0) is 6.54 Å². The molecule has 0 aromatic heterocycles. The maximum absolute atomic E-state index is 14.1. The predicted molar refractivity (Wildman–Crippen MR) is 78.7 cm³/mol. The summed E-state index contributed by atoms with van der Waals surface area (Å²) in [7, 11) is 0. The van der Waals surface area contributed by atoms with E-state index in [9.17, 15) is 4.39 Å². The highest BCUT2D eigenvalue weighted by molar-refractivity contribution is 5.59. The number of hydrogen-bond acceptors (Lipinski definition) is 3. The van der Waals surface area contributed by atoms with Crippen molar-refractivity contribution in [2.45, 2.75) is 13.0 Å². The molecule has 1 heterocycles. The number of rotatable bonds is 2. The lowest BCUT2D eigenvalue weighted by atomic mass is 10.1. The van der Waals surface area contributed by atoms with Gasteiger partial charge in [-0.3, -0.25) is 0 Å². The quantitative estimate of drug-likeness (QED) is 0.846. The fourth-order valence-electron chi connectivity index (χ4n) is 2.51. The molecule has 0 amide bonds. The van der Waals surface area contributed by atoms with E-state index in [2.05, 4.69) is 4.90 Å². The normalized spacial score (nSPS) is 13.8. The Hall–Kier alpha value is -2.54. The number of para-hydroxylation sites is 2. The molecule has 3 nitrogen and oxygen atoms in total. The number of fused-ring (bicyclic) bond motifs is 1. The molecule has 0 aliphatic carbocycles. The van der Waals surface area contributed by atoms with Crippen LogP contribution in [0, 0.1) is 17.1 Å². The minimum atomic E-state index is -0.336. The third kappa shape index (κ3) is 2.82. The summed E-state index contributed by atoms with van der Waals surface area (Å²) in [6.45, 7) is 1.96. The molecule has 2 aromatic carbocycles. The van der Waals surface area contributed by atoms with E-state index in [4.69, 9.17) is 10.00 Å². The number of nitriles is 1. The highest BCUT2D eigenvalue weighted by Crippen LogP contribution is 2.31. The lowest BCUT2D eigenvalue weighted by Crippen LogP contribution is -2.23. The van der Waals surface area contributed by atoms with Gasteiger partial charge in [-0.15, -0.1) is 0 Å². The molecule has 0 N–H and O–H groups in total. The van der Waals surface area contributed by atoms with Crippen LogP contribution in [0.1, 0.15) is 17.5 Å². The lowest BCUT2D eigenvalue weighted by Gasteiger charge is -2.24. The summed E-state index contributed by atoms with van der Waals surface area (Å²) >= 11 is 0. The fraction of sp³-hybridized carbons (Fsp3) is 0.235. The third-order valence-electron chi connectivity index (χ3n) is 3.58. The summed E-state index contributed by atoms with van der Waals surface area (Å²) in [5.41, 5.74) is 1.92. The van der Waals surface area contributed by atoms with Crippen LogP contribution in [0.25, 0.3) is 0 Å². The molecular weight excluding hydrogens is 267 g/mol. The number of halogens is 1. The lowest BCUT2D eigenvalue weighted by molar-refractivity contribution is 0.322. The summed E-state index contributed by atoms with van der Waals surface area (Å²) in [5.74, 6) is 0.501. The molecule has 4 heteroatoms. The fourth-order valence-corrected chi connectivity index (χ4v) is 2.51. The molecule has 106 valence electrons. The number of ether oxygens (including phenoxy) is 1. The van der Waals surface area contributed by atoms with Crippen molar-refractivity contribution in [1.82, 2.24) is 0 Å². The number of nitrogens with zero attached hydrogens (tertiary/aromatic N) is 2. The van der Waals surface area contributed by atoms with Crippen molar-refractivity contribution >= 4 is 5.69 Å². The SMILES string of the molecule is N#Cc1ccc(CN2CCCOc3ccccc32)c(F)c1. The molecule has 1 aliphatic rings. The largest absolute Gasteiger partial charge is 0.491 e.